The van der Waals surface area contributed by atoms with Crippen LogP contribution in [0.1, 0.15) is 50.5 Å². The number of rotatable bonds is 5. The summed E-state index contributed by atoms with van der Waals surface area (Å²) in [6.45, 7) is 6.00. The van der Waals surface area contributed by atoms with Crippen molar-refractivity contribution in [3.8, 4) is 0 Å². The van der Waals surface area contributed by atoms with Crippen molar-refractivity contribution in [2.45, 2.75) is 44.9 Å². The van der Waals surface area contributed by atoms with Gasteiger partial charge in [-0.25, -0.2) is 0 Å². The van der Waals surface area contributed by atoms with Crippen LogP contribution in [0, 0.1) is 11.8 Å². The minimum atomic E-state index is 0.0444. The van der Waals surface area contributed by atoms with Crippen molar-refractivity contribution >= 4 is 5.78 Å². The van der Waals surface area contributed by atoms with Crippen molar-refractivity contribution in [1.29, 1.82) is 0 Å². The van der Waals surface area contributed by atoms with Gasteiger partial charge in [0.25, 0.3) is 0 Å². The first-order valence-electron chi connectivity index (χ1n) is 7.45. The first-order chi connectivity index (χ1) is 9.24. The van der Waals surface area contributed by atoms with Crippen LogP contribution in [0.5, 0.6) is 0 Å². The van der Waals surface area contributed by atoms with Crippen LogP contribution in [0.3, 0.4) is 0 Å². The molecule has 102 valence electrons. The second-order valence-electron chi connectivity index (χ2n) is 5.70. The number of ketones is 1. The van der Waals surface area contributed by atoms with Gasteiger partial charge >= 0.3 is 0 Å². The Kier molecular flexibility index (Phi) is 4.95. The van der Waals surface area contributed by atoms with Crippen molar-refractivity contribution in [3.63, 3.8) is 0 Å². The lowest BCUT2D eigenvalue weighted by Gasteiger charge is -2.27. The molecule has 0 saturated heterocycles. The molecule has 1 saturated carbocycles. The number of hydrogen-bond acceptors (Lipinski definition) is 1. The topological polar surface area (TPSA) is 17.1 Å². The molecule has 1 aromatic carbocycles. The van der Waals surface area contributed by atoms with E-state index < -0.39 is 0 Å². The Morgan fingerprint density at radius 3 is 2.42 bits per heavy atom. The third-order valence-corrected chi connectivity index (χ3v) is 4.43. The number of carbonyl (C=O) groups excluding carboxylic acids is 1. The lowest BCUT2D eigenvalue weighted by Crippen LogP contribution is -2.27. The Bertz CT molecular complexity index is 415. The van der Waals surface area contributed by atoms with E-state index in [2.05, 4.69) is 25.6 Å². The molecule has 0 spiro atoms. The van der Waals surface area contributed by atoms with Crippen molar-refractivity contribution < 1.29 is 4.79 Å². The maximum atomic E-state index is 12.6. The zero-order valence-electron chi connectivity index (χ0n) is 11.8. The number of carbonyl (C=O) groups is 1. The van der Waals surface area contributed by atoms with E-state index in [9.17, 15) is 4.79 Å². The minimum Gasteiger partial charge on any atom is -0.299 e. The zero-order chi connectivity index (χ0) is 13.7. The average Bonchev–Trinajstić information content (AvgIpc) is 2.49. The second kappa shape index (κ2) is 6.70. The normalized spacial score (nSPS) is 19.6. The molecular formula is C18H24O. The summed E-state index contributed by atoms with van der Waals surface area (Å²) in [7, 11) is 0. The van der Waals surface area contributed by atoms with Crippen LogP contribution in [0.4, 0.5) is 0 Å². The van der Waals surface area contributed by atoms with Gasteiger partial charge in [0.2, 0.25) is 0 Å². The Morgan fingerprint density at radius 1 is 1.21 bits per heavy atom. The van der Waals surface area contributed by atoms with E-state index in [1.807, 2.05) is 24.3 Å². The zero-order valence-corrected chi connectivity index (χ0v) is 11.8. The van der Waals surface area contributed by atoms with E-state index in [0.29, 0.717) is 5.78 Å². The van der Waals surface area contributed by atoms with Crippen LogP contribution < -0.4 is 0 Å². The standard InChI is InChI=1S/C18H24O/c1-3-17(15-10-6-4-7-11-15)14(2)18(19)16-12-8-5-9-13-16/h3-4,6-7,10-11,14,16-17H,1,5,8-9,12-13H2,2H3/t14-,17-/m0/s1. The highest BCUT2D eigenvalue weighted by molar-refractivity contribution is 5.84. The minimum absolute atomic E-state index is 0.0444. The van der Waals surface area contributed by atoms with Gasteiger partial charge in [0.1, 0.15) is 5.78 Å². The van der Waals surface area contributed by atoms with E-state index >= 15 is 0 Å². The molecule has 0 aromatic heterocycles. The quantitative estimate of drug-likeness (QED) is 0.695. The Hall–Kier alpha value is -1.37. The van der Waals surface area contributed by atoms with Gasteiger partial charge in [-0.05, 0) is 18.4 Å². The maximum Gasteiger partial charge on any atom is 0.139 e. The molecule has 1 aliphatic rings. The van der Waals surface area contributed by atoms with E-state index in [1.54, 1.807) is 0 Å². The molecule has 19 heavy (non-hydrogen) atoms. The molecule has 0 N–H and O–H groups in total. The Labute approximate surface area is 116 Å². The molecule has 0 radical (unpaired) electrons. The van der Waals surface area contributed by atoms with E-state index in [4.69, 9.17) is 0 Å². The van der Waals surface area contributed by atoms with Gasteiger partial charge in [-0.2, -0.15) is 0 Å². The van der Waals surface area contributed by atoms with Gasteiger partial charge in [-0.1, -0.05) is 62.6 Å². The summed E-state index contributed by atoms with van der Waals surface area (Å²) in [4.78, 5) is 12.6. The number of hydrogen-bond donors (Lipinski definition) is 0. The van der Waals surface area contributed by atoms with Crippen LogP contribution in [-0.2, 0) is 4.79 Å². The molecule has 1 aromatic rings. The molecule has 2 atom stereocenters. The summed E-state index contributed by atoms with van der Waals surface area (Å²) in [6.07, 6.45) is 7.83. The first-order valence-corrected chi connectivity index (χ1v) is 7.45. The Morgan fingerprint density at radius 2 is 1.84 bits per heavy atom. The fourth-order valence-corrected chi connectivity index (χ4v) is 3.24. The van der Waals surface area contributed by atoms with Crippen molar-refractivity contribution in [2.24, 2.45) is 11.8 Å². The van der Waals surface area contributed by atoms with E-state index in [0.717, 1.165) is 12.8 Å². The molecule has 0 unspecified atom stereocenters. The van der Waals surface area contributed by atoms with Crippen LogP contribution in [0.15, 0.2) is 43.0 Å². The van der Waals surface area contributed by atoms with Crippen LogP contribution in [0.25, 0.3) is 0 Å². The van der Waals surface area contributed by atoms with Gasteiger partial charge < -0.3 is 0 Å². The molecule has 1 heteroatoms. The highest BCUT2D eigenvalue weighted by atomic mass is 16.1. The number of allylic oxidation sites excluding steroid dienone is 1. The molecule has 1 nitrogen and oxygen atoms in total. The van der Waals surface area contributed by atoms with Crippen LogP contribution in [0.2, 0.25) is 0 Å². The van der Waals surface area contributed by atoms with Gasteiger partial charge in [0.05, 0.1) is 0 Å². The summed E-state index contributed by atoms with van der Waals surface area (Å²) in [5.41, 5.74) is 1.20. The highest BCUT2D eigenvalue weighted by Gasteiger charge is 2.29. The smallest absolute Gasteiger partial charge is 0.139 e. The van der Waals surface area contributed by atoms with Gasteiger partial charge in [0.15, 0.2) is 0 Å². The van der Waals surface area contributed by atoms with Gasteiger partial charge in [-0.3, -0.25) is 4.79 Å². The third kappa shape index (κ3) is 3.34. The molecule has 0 amide bonds. The Balaban J connectivity index is 2.09. The summed E-state index contributed by atoms with van der Waals surface area (Å²) < 4.78 is 0. The predicted octanol–water partition coefficient (Wildman–Crippen LogP) is 4.74. The molecule has 2 rings (SSSR count). The fourth-order valence-electron chi connectivity index (χ4n) is 3.24. The van der Waals surface area contributed by atoms with E-state index in [-0.39, 0.29) is 17.8 Å². The number of Topliss-reactive ketones (excluding diaryl/α,β-unsaturated/α-hetero) is 1. The molecule has 0 heterocycles. The fraction of sp³-hybridized carbons (Fsp3) is 0.500. The summed E-state index contributed by atoms with van der Waals surface area (Å²) >= 11 is 0. The molecule has 1 aliphatic carbocycles. The van der Waals surface area contributed by atoms with Crippen molar-refractivity contribution in [1.82, 2.24) is 0 Å². The molecule has 0 bridgehead atoms. The molecular weight excluding hydrogens is 232 g/mol. The second-order valence-corrected chi connectivity index (χ2v) is 5.70. The third-order valence-electron chi connectivity index (χ3n) is 4.43. The highest BCUT2D eigenvalue weighted by Crippen LogP contribution is 2.33. The van der Waals surface area contributed by atoms with Gasteiger partial charge in [-0.15, -0.1) is 6.58 Å². The SMILES string of the molecule is C=C[C@H](c1ccccc1)[C@H](C)C(=O)C1CCCCC1. The molecule has 0 aliphatic heterocycles. The summed E-state index contributed by atoms with van der Waals surface area (Å²) in [6, 6.07) is 10.3. The maximum absolute atomic E-state index is 12.6. The first kappa shape index (κ1) is 14.0. The largest absolute Gasteiger partial charge is 0.299 e. The van der Waals surface area contributed by atoms with Gasteiger partial charge in [0, 0.05) is 17.8 Å². The van der Waals surface area contributed by atoms with E-state index in [1.165, 1.54) is 24.8 Å². The number of benzene rings is 1. The van der Waals surface area contributed by atoms with Crippen LogP contribution >= 0.6 is 0 Å². The predicted molar refractivity (Wildman–Crippen MR) is 80.1 cm³/mol. The van der Waals surface area contributed by atoms with Crippen LogP contribution in [-0.4, -0.2) is 5.78 Å². The van der Waals surface area contributed by atoms with Crippen molar-refractivity contribution in [2.75, 3.05) is 0 Å². The summed E-state index contributed by atoms with van der Waals surface area (Å²) in [5, 5.41) is 0. The lowest BCUT2D eigenvalue weighted by molar-refractivity contribution is -0.127. The van der Waals surface area contributed by atoms with Crippen molar-refractivity contribution in [3.05, 3.63) is 48.6 Å². The monoisotopic (exact) mass is 256 g/mol. The molecule has 1 fully saturated rings. The summed E-state index contributed by atoms with van der Waals surface area (Å²) in [5.74, 6) is 0.919. The lowest BCUT2D eigenvalue weighted by atomic mass is 9.76. The average molecular weight is 256 g/mol.